The van der Waals surface area contributed by atoms with E-state index < -0.39 is 17.3 Å². The lowest BCUT2D eigenvalue weighted by atomic mass is 9.68. The van der Waals surface area contributed by atoms with Crippen molar-refractivity contribution in [3.05, 3.63) is 35.4 Å². The molecule has 180 valence electrons. The second-order valence-corrected chi connectivity index (χ2v) is 9.89. The number of hydrogen-bond donors (Lipinski definition) is 1. The second kappa shape index (κ2) is 13.5. The van der Waals surface area contributed by atoms with Crippen molar-refractivity contribution in [2.24, 2.45) is 17.8 Å². The van der Waals surface area contributed by atoms with Crippen molar-refractivity contribution in [1.29, 1.82) is 0 Å². The fourth-order valence-corrected chi connectivity index (χ4v) is 4.97. The van der Waals surface area contributed by atoms with Crippen molar-refractivity contribution in [3.8, 4) is 0 Å². The highest BCUT2D eigenvalue weighted by atomic mass is 19.4. The number of halogens is 3. The topological polar surface area (TPSA) is 20.2 Å². The van der Waals surface area contributed by atoms with Crippen LogP contribution in [-0.4, -0.2) is 10.7 Å². The Morgan fingerprint density at radius 2 is 1.23 bits per heavy atom. The Labute approximate surface area is 188 Å². The van der Waals surface area contributed by atoms with E-state index in [-0.39, 0.29) is 17.8 Å². The molecule has 0 bridgehead atoms. The summed E-state index contributed by atoms with van der Waals surface area (Å²) in [4.78, 5) is 0. The number of unbranched alkanes of at least 4 members (excludes halogenated alkanes) is 6. The highest BCUT2D eigenvalue weighted by Crippen LogP contribution is 2.39. The van der Waals surface area contributed by atoms with Gasteiger partial charge in [0.05, 0.1) is 11.2 Å². The molecule has 1 aromatic carbocycles. The van der Waals surface area contributed by atoms with Gasteiger partial charge in [-0.3, -0.25) is 0 Å². The molecule has 0 aliphatic carbocycles. The summed E-state index contributed by atoms with van der Waals surface area (Å²) in [6.45, 7) is 10.7. The molecule has 31 heavy (non-hydrogen) atoms. The van der Waals surface area contributed by atoms with Gasteiger partial charge in [-0.2, -0.15) is 13.2 Å². The molecule has 1 atom stereocenters. The van der Waals surface area contributed by atoms with Crippen LogP contribution in [0.2, 0.25) is 0 Å². The zero-order valence-corrected chi connectivity index (χ0v) is 20.4. The molecule has 0 aliphatic heterocycles. The molecule has 0 aliphatic rings. The van der Waals surface area contributed by atoms with Crippen LogP contribution in [0, 0.1) is 17.8 Å². The Hall–Kier alpha value is -1.03. The van der Waals surface area contributed by atoms with Crippen molar-refractivity contribution < 1.29 is 18.3 Å². The van der Waals surface area contributed by atoms with Gasteiger partial charge in [0.15, 0.2) is 0 Å². The van der Waals surface area contributed by atoms with Crippen LogP contribution in [0.15, 0.2) is 24.3 Å². The predicted octanol–water partition coefficient (Wildman–Crippen LogP) is 8.83. The molecular formula is C27H45F3O. The van der Waals surface area contributed by atoms with E-state index in [1.807, 2.05) is 0 Å². The van der Waals surface area contributed by atoms with E-state index in [1.165, 1.54) is 44.2 Å². The summed E-state index contributed by atoms with van der Waals surface area (Å²) in [5.41, 5.74) is -0.310. The van der Waals surface area contributed by atoms with Crippen LogP contribution in [0.25, 0.3) is 0 Å². The average molecular weight is 443 g/mol. The minimum Gasteiger partial charge on any atom is -0.389 e. The summed E-state index contributed by atoms with van der Waals surface area (Å²) >= 11 is 0. The van der Waals surface area contributed by atoms with E-state index in [4.69, 9.17) is 0 Å². The molecule has 0 heterocycles. The third kappa shape index (κ3) is 9.16. The maximum Gasteiger partial charge on any atom is 0.416 e. The smallest absolute Gasteiger partial charge is 0.389 e. The molecule has 0 saturated heterocycles. The molecule has 1 aromatic rings. The first-order valence-corrected chi connectivity index (χ1v) is 12.4. The van der Waals surface area contributed by atoms with Crippen LogP contribution >= 0.6 is 0 Å². The van der Waals surface area contributed by atoms with Crippen molar-refractivity contribution in [2.75, 3.05) is 0 Å². The molecule has 0 amide bonds. The quantitative estimate of drug-likeness (QED) is 0.269. The lowest BCUT2D eigenvalue weighted by Crippen LogP contribution is -2.47. The first-order chi connectivity index (χ1) is 14.5. The van der Waals surface area contributed by atoms with E-state index in [0.29, 0.717) is 0 Å². The van der Waals surface area contributed by atoms with Crippen LogP contribution < -0.4 is 0 Å². The van der Waals surface area contributed by atoms with Crippen LogP contribution in [0.3, 0.4) is 0 Å². The lowest BCUT2D eigenvalue weighted by Gasteiger charge is -2.43. The predicted molar refractivity (Wildman–Crippen MR) is 125 cm³/mol. The third-order valence-electron chi connectivity index (χ3n) is 6.96. The molecule has 1 nitrogen and oxygen atoms in total. The van der Waals surface area contributed by atoms with Crippen LogP contribution in [0.4, 0.5) is 13.2 Å². The molecule has 0 aromatic heterocycles. The molecule has 1 unspecified atom stereocenters. The standard InChI is InChI=1S/C27H45F3O/c1-6-7-8-9-10-11-15-24(26(31,21(2)3)22(4)5)16-13-12-14-23-17-19-25(20-18-23)27(28,29)30/h17-22,24,31H,6-16H2,1-5H3. The molecule has 0 fully saturated rings. The van der Waals surface area contributed by atoms with E-state index in [0.717, 1.165) is 44.1 Å². The van der Waals surface area contributed by atoms with Gasteiger partial charge in [-0.25, -0.2) is 0 Å². The van der Waals surface area contributed by atoms with Gasteiger partial charge in [0.2, 0.25) is 0 Å². The SMILES string of the molecule is CCCCCCCCC(CCCCc1ccc(C(F)(F)F)cc1)C(O)(C(C)C)C(C)C. The average Bonchev–Trinajstić information content (AvgIpc) is 2.70. The van der Waals surface area contributed by atoms with E-state index in [2.05, 4.69) is 34.6 Å². The number of rotatable bonds is 15. The van der Waals surface area contributed by atoms with Gasteiger partial charge >= 0.3 is 6.18 Å². The molecule has 1 N–H and O–H groups in total. The molecule has 0 radical (unpaired) electrons. The van der Waals surface area contributed by atoms with Gasteiger partial charge in [0, 0.05) is 0 Å². The summed E-state index contributed by atoms with van der Waals surface area (Å²) in [6, 6.07) is 5.53. The Balaban J connectivity index is 2.62. The van der Waals surface area contributed by atoms with Gasteiger partial charge in [0.1, 0.15) is 0 Å². The minimum absolute atomic E-state index is 0.201. The van der Waals surface area contributed by atoms with Gasteiger partial charge in [0.25, 0.3) is 0 Å². The summed E-state index contributed by atoms with van der Waals surface area (Å²) < 4.78 is 38.2. The Bertz CT molecular complexity index is 581. The van der Waals surface area contributed by atoms with Crippen molar-refractivity contribution in [2.45, 2.75) is 117 Å². The second-order valence-electron chi connectivity index (χ2n) is 9.89. The highest BCUT2D eigenvalue weighted by Gasteiger charge is 2.41. The fraction of sp³-hybridized carbons (Fsp3) is 0.778. The van der Waals surface area contributed by atoms with Gasteiger partial charge < -0.3 is 5.11 Å². The van der Waals surface area contributed by atoms with Crippen molar-refractivity contribution in [3.63, 3.8) is 0 Å². The first kappa shape index (κ1) is 28.0. The number of alkyl halides is 3. The summed E-state index contributed by atoms with van der Waals surface area (Å²) in [5.74, 6) is 0.672. The number of benzene rings is 1. The number of aryl methyl sites for hydroxylation is 1. The zero-order chi connectivity index (χ0) is 23.5. The largest absolute Gasteiger partial charge is 0.416 e. The molecule has 1 rings (SSSR count). The van der Waals surface area contributed by atoms with Crippen molar-refractivity contribution >= 4 is 0 Å². The van der Waals surface area contributed by atoms with E-state index in [9.17, 15) is 18.3 Å². The van der Waals surface area contributed by atoms with Crippen LogP contribution in [0.5, 0.6) is 0 Å². The maximum absolute atomic E-state index is 12.7. The molecular weight excluding hydrogens is 397 g/mol. The summed E-state index contributed by atoms with van der Waals surface area (Å²) in [6.07, 6.45) is 7.98. The Morgan fingerprint density at radius 1 is 0.742 bits per heavy atom. The molecule has 0 spiro atoms. The normalized spacial score (nSPS) is 13.9. The third-order valence-corrected chi connectivity index (χ3v) is 6.96. The van der Waals surface area contributed by atoms with Gasteiger partial charge in [-0.1, -0.05) is 91.7 Å². The molecule has 4 heteroatoms. The summed E-state index contributed by atoms with van der Waals surface area (Å²) in [7, 11) is 0. The fourth-order valence-electron chi connectivity index (χ4n) is 4.97. The zero-order valence-electron chi connectivity index (χ0n) is 20.4. The maximum atomic E-state index is 12.7. The molecule has 0 saturated carbocycles. The lowest BCUT2D eigenvalue weighted by molar-refractivity contribution is -0.137. The van der Waals surface area contributed by atoms with Crippen molar-refractivity contribution in [1.82, 2.24) is 0 Å². The Kier molecular flexibility index (Phi) is 12.2. The summed E-state index contributed by atoms with van der Waals surface area (Å²) in [5, 5.41) is 11.6. The monoisotopic (exact) mass is 442 g/mol. The van der Waals surface area contributed by atoms with E-state index in [1.54, 1.807) is 12.1 Å². The Morgan fingerprint density at radius 3 is 1.71 bits per heavy atom. The van der Waals surface area contributed by atoms with Gasteiger partial charge in [-0.05, 0) is 61.1 Å². The van der Waals surface area contributed by atoms with Gasteiger partial charge in [-0.15, -0.1) is 0 Å². The van der Waals surface area contributed by atoms with Crippen LogP contribution in [-0.2, 0) is 12.6 Å². The number of aliphatic hydroxyl groups is 1. The highest BCUT2D eigenvalue weighted by molar-refractivity contribution is 5.24. The first-order valence-electron chi connectivity index (χ1n) is 12.4. The minimum atomic E-state index is -4.28. The van der Waals surface area contributed by atoms with E-state index >= 15 is 0 Å². The number of hydrogen-bond acceptors (Lipinski definition) is 1. The van der Waals surface area contributed by atoms with Crippen LogP contribution in [0.1, 0.15) is 110 Å².